The molecule has 0 saturated carbocycles. The normalized spacial score (nSPS) is 18.2. The zero-order chi connectivity index (χ0) is 30.6. The van der Waals surface area contributed by atoms with Gasteiger partial charge in [-0.15, -0.1) is 0 Å². The maximum Gasteiger partial charge on any atom is 0.249 e. The molecule has 2 N–H and O–H groups in total. The lowest BCUT2D eigenvalue weighted by atomic mass is 9.91. The molecule has 1 aromatic heterocycles. The van der Waals surface area contributed by atoms with Gasteiger partial charge in [-0.05, 0) is 65.9 Å². The molecule has 0 radical (unpaired) electrons. The molecule has 4 aromatic carbocycles. The summed E-state index contributed by atoms with van der Waals surface area (Å²) in [6.45, 7) is 4.65. The lowest BCUT2D eigenvalue weighted by Crippen LogP contribution is -2.52. The first kappa shape index (κ1) is 29.5. The standard InChI is InChI=1S/C36H39N5O3/c1-23-18-31(16-17-37-23)34(42)39-32(21-25-12-14-27-8-4-6-10-29(27)19-25)36(43)41(3)33(35-38-24(2)40-44-35)22-26-13-15-28-9-5-7-11-30(28)20-26/h4-15,19-20,23,31-33,37H,16-18,21-22H2,1-3H3,(H,39,42). The lowest BCUT2D eigenvalue weighted by Gasteiger charge is -2.32. The van der Waals surface area contributed by atoms with Crippen LogP contribution in [0.25, 0.3) is 21.5 Å². The van der Waals surface area contributed by atoms with Crippen LogP contribution >= 0.6 is 0 Å². The Bertz CT molecular complexity index is 1780. The van der Waals surface area contributed by atoms with Crippen molar-refractivity contribution in [1.29, 1.82) is 0 Å². The van der Waals surface area contributed by atoms with Crippen LogP contribution in [-0.2, 0) is 22.4 Å². The van der Waals surface area contributed by atoms with E-state index in [0.717, 1.165) is 52.1 Å². The van der Waals surface area contributed by atoms with Gasteiger partial charge < -0.3 is 20.1 Å². The molecule has 44 heavy (non-hydrogen) atoms. The van der Waals surface area contributed by atoms with Crippen molar-refractivity contribution in [2.24, 2.45) is 5.92 Å². The Kier molecular flexibility index (Phi) is 8.70. The molecule has 226 valence electrons. The van der Waals surface area contributed by atoms with Crippen LogP contribution in [0.15, 0.2) is 89.5 Å². The second-order valence-electron chi connectivity index (χ2n) is 12.1. The number of carbonyl (C=O) groups excluding carboxylic acids is 2. The maximum atomic E-state index is 14.4. The van der Waals surface area contributed by atoms with Gasteiger partial charge in [-0.3, -0.25) is 9.59 Å². The monoisotopic (exact) mass is 589 g/mol. The molecular formula is C36H39N5O3. The largest absolute Gasteiger partial charge is 0.344 e. The second kappa shape index (κ2) is 13.0. The molecule has 2 amide bonds. The first-order chi connectivity index (χ1) is 21.3. The molecule has 5 aromatic rings. The van der Waals surface area contributed by atoms with E-state index in [2.05, 4.69) is 82.3 Å². The molecule has 1 saturated heterocycles. The minimum Gasteiger partial charge on any atom is -0.344 e. The number of nitrogens with one attached hydrogen (secondary N) is 2. The van der Waals surface area contributed by atoms with Gasteiger partial charge in [0.25, 0.3) is 0 Å². The number of amides is 2. The summed E-state index contributed by atoms with van der Waals surface area (Å²) in [5.41, 5.74) is 2.03. The highest BCUT2D eigenvalue weighted by Gasteiger charge is 2.34. The average Bonchev–Trinajstić information content (AvgIpc) is 3.48. The van der Waals surface area contributed by atoms with Gasteiger partial charge in [0.15, 0.2) is 5.82 Å². The summed E-state index contributed by atoms with van der Waals surface area (Å²) in [7, 11) is 1.76. The molecule has 1 aliphatic rings. The third-order valence-electron chi connectivity index (χ3n) is 8.75. The van der Waals surface area contributed by atoms with Crippen LogP contribution in [0.1, 0.15) is 48.6 Å². The zero-order valence-corrected chi connectivity index (χ0v) is 25.5. The number of piperidine rings is 1. The van der Waals surface area contributed by atoms with Crippen molar-refractivity contribution in [3.05, 3.63) is 108 Å². The quantitative estimate of drug-likeness (QED) is 0.234. The van der Waals surface area contributed by atoms with Crippen LogP contribution in [-0.4, -0.2) is 52.5 Å². The van der Waals surface area contributed by atoms with E-state index in [1.807, 2.05) is 30.3 Å². The van der Waals surface area contributed by atoms with E-state index >= 15 is 0 Å². The summed E-state index contributed by atoms with van der Waals surface area (Å²) in [4.78, 5) is 34.2. The number of fused-ring (bicyclic) bond motifs is 2. The molecule has 1 aliphatic heterocycles. The first-order valence-corrected chi connectivity index (χ1v) is 15.4. The van der Waals surface area contributed by atoms with Gasteiger partial charge in [0.2, 0.25) is 17.7 Å². The molecule has 8 nitrogen and oxygen atoms in total. The summed E-state index contributed by atoms with van der Waals surface area (Å²) in [6.07, 6.45) is 2.34. The molecular weight excluding hydrogens is 550 g/mol. The Morgan fingerprint density at radius 1 is 0.932 bits per heavy atom. The van der Waals surface area contributed by atoms with Crippen LogP contribution < -0.4 is 10.6 Å². The predicted octanol–water partition coefficient (Wildman–Crippen LogP) is 5.54. The fourth-order valence-corrected chi connectivity index (χ4v) is 6.29. The molecule has 4 unspecified atom stereocenters. The summed E-state index contributed by atoms with van der Waals surface area (Å²) in [5.74, 6) is 0.455. The van der Waals surface area contributed by atoms with E-state index in [1.54, 1.807) is 18.9 Å². The van der Waals surface area contributed by atoms with Crippen molar-refractivity contribution < 1.29 is 14.1 Å². The minimum absolute atomic E-state index is 0.0781. The molecule has 1 fully saturated rings. The number of nitrogens with zero attached hydrogens (tertiary/aromatic N) is 3. The SMILES string of the molecule is Cc1noc(C(Cc2ccc3ccccc3c2)N(C)C(=O)C(Cc2ccc3ccccc3c2)NC(=O)C2CCNC(C)C2)n1. The van der Waals surface area contributed by atoms with E-state index in [4.69, 9.17) is 4.52 Å². The Morgan fingerprint density at radius 3 is 2.14 bits per heavy atom. The molecule has 6 rings (SSSR count). The van der Waals surface area contributed by atoms with Crippen molar-refractivity contribution in [3.63, 3.8) is 0 Å². The van der Waals surface area contributed by atoms with E-state index in [0.29, 0.717) is 24.6 Å². The van der Waals surface area contributed by atoms with Gasteiger partial charge >= 0.3 is 0 Å². The van der Waals surface area contributed by atoms with Crippen LogP contribution in [0, 0.1) is 12.8 Å². The Hall–Kier alpha value is -4.56. The first-order valence-electron chi connectivity index (χ1n) is 15.4. The van der Waals surface area contributed by atoms with E-state index < -0.39 is 12.1 Å². The van der Waals surface area contributed by atoms with Gasteiger partial charge in [-0.1, -0.05) is 90.1 Å². The van der Waals surface area contributed by atoms with E-state index in [-0.39, 0.29) is 23.8 Å². The van der Waals surface area contributed by atoms with Crippen LogP contribution in [0.4, 0.5) is 0 Å². The summed E-state index contributed by atoms with van der Waals surface area (Å²) in [6, 6.07) is 27.8. The molecule has 0 aliphatic carbocycles. The number of likely N-dealkylation sites (N-methyl/N-ethyl adjacent to an activating group) is 1. The third-order valence-corrected chi connectivity index (χ3v) is 8.75. The lowest BCUT2D eigenvalue weighted by molar-refractivity contribution is -0.138. The van der Waals surface area contributed by atoms with E-state index in [9.17, 15) is 9.59 Å². The Balaban J connectivity index is 1.30. The number of aryl methyl sites for hydroxylation is 1. The van der Waals surface area contributed by atoms with Crippen molar-refractivity contribution >= 4 is 33.4 Å². The third kappa shape index (κ3) is 6.65. The molecule has 4 atom stereocenters. The summed E-state index contributed by atoms with van der Waals surface area (Å²) >= 11 is 0. The highest BCUT2D eigenvalue weighted by atomic mass is 16.5. The van der Waals surface area contributed by atoms with Crippen LogP contribution in [0.5, 0.6) is 0 Å². The van der Waals surface area contributed by atoms with E-state index in [1.165, 1.54) is 0 Å². The van der Waals surface area contributed by atoms with Gasteiger partial charge in [0.1, 0.15) is 12.1 Å². The average molecular weight is 590 g/mol. The van der Waals surface area contributed by atoms with Gasteiger partial charge in [-0.25, -0.2) is 0 Å². The summed E-state index contributed by atoms with van der Waals surface area (Å²) in [5, 5.41) is 15.1. The molecule has 0 bridgehead atoms. The number of hydrogen-bond donors (Lipinski definition) is 2. The number of benzene rings is 4. The van der Waals surface area contributed by atoms with Gasteiger partial charge in [0, 0.05) is 31.8 Å². The predicted molar refractivity (Wildman–Crippen MR) is 172 cm³/mol. The van der Waals surface area contributed by atoms with Crippen molar-refractivity contribution in [3.8, 4) is 0 Å². The van der Waals surface area contributed by atoms with Crippen molar-refractivity contribution in [1.82, 2.24) is 25.7 Å². The van der Waals surface area contributed by atoms with Gasteiger partial charge in [-0.2, -0.15) is 4.98 Å². The minimum atomic E-state index is -0.762. The molecule has 8 heteroatoms. The molecule has 0 spiro atoms. The summed E-state index contributed by atoms with van der Waals surface area (Å²) < 4.78 is 5.64. The number of rotatable bonds is 9. The smallest absolute Gasteiger partial charge is 0.249 e. The van der Waals surface area contributed by atoms with Crippen LogP contribution in [0.2, 0.25) is 0 Å². The van der Waals surface area contributed by atoms with Crippen molar-refractivity contribution in [2.45, 2.75) is 57.7 Å². The molecule has 2 heterocycles. The van der Waals surface area contributed by atoms with Crippen LogP contribution in [0.3, 0.4) is 0 Å². The maximum absolute atomic E-state index is 14.4. The Morgan fingerprint density at radius 2 is 1.55 bits per heavy atom. The highest BCUT2D eigenvalue weighted by molar-refractivity contribution is 5.89. The highest BCUT2D eigenvalue weighted by Crippen LogP contribution is 2.27. The number of carbonyl (C=O) groups is 2. The topological polar surface area (TPSA) is 100 Å². The fraction of sp³-hybridized carbons (Fsp3) is 0.333. The fourth-order valence-electron chi connectivity index (χ4n) is 6.29. The zero-order valence-electron chi connectivity index (χ0n) is 25.5. The number of hydrogen-bond acceptors (Lipinski definition) is 6. The number of aromatic nitrogens is 2. The Labute approximate surface area is 257 Å². The second-order valence-corrected chi connectivity index (χ2v) is 12.1. The van der Waals surface area contributed by atoms with Gasteiger partial charge in [0.05, 0.1) is 0 Å². The van der Waals surface area contributed by atoms with Crippen molar-refractivity contribution in [2.75, 3.05) is 13.6 Å².